The van der Waals surface area contributed by atoms with Crippen molar-refractivity contribution in [3.63, 3.8) is 0 Å². The summed E-state index contributed by atoms with van der Waals surface area (Å²) in [6.07, 6.45) is 0.0977. The average molecular weight is 265 g/mol. The van der Waals surface area contributed by atoms with Crippen molar-refractivity contribution < 1.29 is 19.4 Å². The fourth-order valence-electron chi connectivity index (χ4n) is 1.76. The molecule has 1 amide bonds. The maximum Gasteiger partial charge on any atom is 0.326 e. The second-order valence-corrected chi connectivity index (χ2v) is 4.62. The van der Waals surface area contributed by atoms with Gasteiger partial charge in [0.25, 0.3) is 0 Å². The van der Waals surface area contributed by atoms with E-state index in [9.17, 15) is 9.59 Å². The van der Waals surface area contributed by atoms with Crippen LogP contribution in [0.3, 0.4) is 0 Å². The Hall–Kier alpha value is -2.04. The Labute approximate surface area is 112 Å². The SMILES string of the molecule is COc1ccccc1CC(=O)NC(C(=O)O)C(C)C. The molecule has 0 aliphatic rings. The number of carboxylic acids is 1. The van der Waals surface area contributed by atoms with Crippen LogP contribution in [-0.2, 0) is 16.0 Å². The van der Waals surface area contributed by atoms with Crippen LogP contribution in [0, 0.1) is 5.92 Å². The Bertz CT molecular complexity index is 457. The summed E-state index contributed by atoms with van der Waals surface area (Å²) in [5, 5.41) is 11.5. The first-order valence-electron chi connectivity index (χ1n) is 6.09. The monoisotopic (exact) mass is 265 g/mol. The summed E-state index contributed by atoms with van der Waals surface area (Å²) in [6.45, 7) is 3.50. The maximum absolute atomic E-state index is 11.9. The van der Waals surface area contributed by atoms with E-state index in [1.807, 2.05) is 12.1 Å². The van der Waals surface area contributed by atoms with Crippen LogP contribution in [0.1, 0.15) is 19.4 Å². The molecule has 5 nitrogen and oxygen atoms in total. The van der Waals surface area contributed by atoms with E-state index in [2.05, 4.69) is 5.32 Å². The van der Waals surface area contributed by atoms with Gasteiger partial charge in [-0.05, 0) is 12.0 Å². The van der Waals surface area contributed by atoms with Gasteiger partial charge in [0, 0.05) is 5.56 Å². The molecule has 1 aromatic rings. The second kappa shape index (κ2) is 6.78. The van der Waals surface area contributed by atoms with Crippen molar-refractivity contribution in [3.05, 3.63) is 29.8 Å². The molecule has 0 saturated carbocycles. The highest BCUT2D eigenvalue weighted by atomic mass is 16.5. The number of benzene rings is 1. The summed E-state index contributed by atoms with van der Waals surface area (Å²) in [6, 6.07) is 6.29. The van der Waals surface area contributed by atoms with Gasteiger partial charge in [-0.1, -0.05) is 32.0 Å². The number of para-hydroxylation sites is 1. The highest BCUT2D eigenvalue weighted by Crippen LogP contribution is 2.17. The third kappa shape index (κ3) is 4.28. The number of methoxy groups -OCH3 is 1. The van der Waals surface area contributed by atoms with E-state index >= 15 is 0 Å². The van der Waals surface area contributed by atoms with E-state index in [0.29, 0.717) is 5.75 Å². The summed E-state index contributed by atoms with van der Waals surface area (Å²) in [5.74, 6) is -0.901. The first kappa shape index (κ1) is 15.0. The molecular weight excluding hydrogens is 246 g/mol. The molecule has 0 spiro atoms. The van der Waals surface area contributed by atoms with Crippen molar-refractivity contribution in [3.8, 4) is 5.75 Å². The van der Waals surface area contributed by atoms with Crippen LogP contribution in [0.4, 0.5) is 0 Å². The number of amides is 1. The van der Waals surface area contributed by atoms with Crippen LogP contribution in [0.25, 0.3) is 0 Å². The molecule has 5 heteroatoms. The molecular formula is C14H19NO4. The fourth-order valence-corrected chi connectivity index (χ4v) is 1.76. The summed E-state index contributed by atoms with van der Waals surface area (Å²) in [7, 11) is 1.53. The Morgan fingerprint density at radius 3 is 2.47 bits per heavy atom. The number of ether oxygens (including phenoxy) is 1. The predicted octanol–water partition coefficient (Wildman–Crippen LogP) is 1.46. The quantitative estimate of drug-likeness (QED) is 0.816. The van der Waals surface area contributed by atoms with E-state index in [1.54, 1.807) is 26.0 Å². The van der Waals surface area contributed by atoms with Crippen LogP contribution in [0.2, 0.25) is 0 Å². The smallest absolute Gasteiger partial charge is 0.326 e. The topological polar surface area (TPSA) is 75.6 Å². The number of carbonyl (C=O) groups is 2. The van der Waals surface area contributed by atoms with Crippen molar-refractivity contribution >= 4 is 11.9 Å². The van der Waals surface area contributed by atoms with Crippen molar-refractivity contribution in [2.45, 2.75) is 26.3 Å². The minimum atomic E-state index is -1.02. The van der Waals surface area contributed by atoms with Gasteiger partial charge in [0.2, 0.25) is 5.91 Å². The molecule has 0 radical (unpaired) electrons. The lowest BCUT2D eigenvalue weighted by Crippen LogP contribution is -2.44. The number of hydrogen-bond acceptors (Lipinski definition) is 3. The van der Waals surface area contributed by atoms with Crippen LogP contribution in [-0.4, -0.2) is 30.1 Å². The molecule has 1 rings (SSSR count). The second-order valence-electron chi connectivity index (χ2n) is 4.62. The van der Waals surface area contributed by atoms with E-state index in [-0.39, 0.29) is 18.2 Å². The highest BCUT2D eigenvalue weighted by Gasteiger charge is 2.23. The molecule has 1 atom stereocenters. The summed E-state index contributed by atoms with van der Waals surface area (Å²) >= 11 is 0. The molecule has 0 aliphatic carbocycles. The molecule has 0 saturated heterocycles. The van der Waals surface area contributed by atoms with Gasteiger partial charge in [-0.2, -0.15) is 0 Å². The van der Waals surface area contributed by atoms with Gasteiger partial charge < -0.3 is 15.2 Å². The molecule has 0 aliphatic heterocycles. The molecule has 104 valence electrons. The molecule has 0 aromatic heterocycles. The van der Waals surface area contributed by atoms with E-state index in [0.717, 1.165) is 5.56 Å². The Morgan fingerprint density at radius 1 is 1.32 bits per heavy atom. The maximum atomic E-state index is 11.9. The van der Waals surface area contributed by atoms with Gasteiger partial charge in [0.15, 0.2) is 0 Å². The van der Waals surface area contributed by atoms with Crippen molar-refractivity contribution in [2.24, 2.45) is 5.92 Å². The zero-order valence-electron chi connectivity index (χ0n) is 11.3. The van der Waals surface area contributed by atoms with Crippen LogP contribution in [0.5, 0.6) is 5.75 Å². The van der Waals surface area contributed by atoms with Crippen LogP contribution >= 0.6 is 0 Å². The average Bonchev–Trinajstić information content (AvgIpc) is 2.36. The number of aliphatic carboxylic acids is 1. The molecule has 1 unspecified atom stereocenters. The Morgan fingerprint density at radius 2 is 1.95 bits per heavy atom. The van der Waals surface area contributed by atoms with Crippen LogP contribution < -0.4 is 10.1 Å². The van der Waals surface area contributed by atoms with Gasteiger partial charge in [-0.25, -0.2) is 4.79 Å². The minimum absolute atomic E-state index is 0.0977. The van der Waals surface area contributed by atoms with Gasteiger partial charge >= 0.3 is 5.97 Å². The fraction of sp³-hybridized carbons (Fsp3) is 0.429. The van der Waals surface area contributed by atoms with Crippen molar-refractivity contribution in [2.75, 3.05) is 7.11 Å². The van der Waals surface area contributed by atoms with Crippen molar-refractivity contribution in [1.82, 2.24) is 5.32 Å². The summed E-state index contributed by atoms with van der Waals surface area (Å²) < 4.78 is 5.15. The van der Waals surface area contributed by atoms with Gasteiger partial charge in [-0.3, -0.25) is 4.79 Å². The molecule has 1 aromatic carbocycles. The minimum Gasteiger partial charge on any atom is -0.496 e. The highest BCUT2D eigenvalue weighted by molar-refractivity contribution is 5.85. The number of rotatable bonds is 6. The van der Waals surface area contributed by atoms with Gasteiger partial charge in [-0.15, -0.1) is 0 Å². The summed E-state index contributed by atoms with van der Waals surface area (Å²) in [5.41, 5.74) is 0.732. The van der Waals surface area contributed by atoms with E-state index in [1.165, 1.54) is 7.11 Å². The Balaban J connectivity index is 2.72. The third-order valence-corrected chi connectivity index (χ3v) is 2.79. The number of nitrogens with one attached hydrogen (secondary N) is 1. The molecule has 0 fully saturated rings. The van der Waals surface area contributed by atoms with Crippen molar-refractivity contribution in [1.29, 1.82) is 0 Å². The molecule has 0 bridgehead atoms. The lowest BCUT2D eigenvalue weighted by atomic mass is 10.0. The predicted molar refractivity (Wildman–Crippen MR) is 71.1 cm³/mol. The zero-order chi connectivity index (χ0) is 14.4. The van der Waals surface area contributed by atoms with Gasteiger partial charge in [0.1, 0.15) is 11.8 Å². The molecule has 2 N–H and O–H groups in total. The van der Waals surface area contributed by atoms with Gasteiger partial charge in [0.05, 0.1) is 13.5 Å². The lowest BCUT2D eigenvalue weighted by molar-refractivity contribution is -0.143. The molecule has 19 heavy (non-hydrogen) atoms. The number of carbonyl (C=O) groups excluding carboxylic acids is 1. The van der Waals surface area contributed by atoms with E-state index < -0.39 is 12.0 Å². The first-order chi connectivity index (χ1) is 8.95. The number of carboxylic acid groups (broad SMARTS) is 1. The van der Waals surface area contributed by atoms with Crippen LogP contribution in [0.15, 0.2) is 24.3 Å². The first-order valence-corrected chi connectivity index (χ1v) is 6.09. The Kier molecular flexibility index (Phi) is 5.36. The lowest BCUT2D eigenvalue weighted by Gasteiger charge is -2.18. The number of hydrogen-bond donors (Lipinski definition) is 2. The molecule has 0 heterocycles. The normalized spacial score (nSPS) is 12.0. The third-order valence-electron chi connectivity index (χ3n) is 2.79. The zero-order valence-corrected chi connectivity index (χ0v) is 11.3. The standard InChI is InChI=1S/C14H19NO4/c1-9(2)13(14(17)18)15-12(16)8-10-6-4-5-7-11(10)19-3/h4-7,9,13H,8H2,1-3H3,(H,15,16)(H,17,18). The largest absolute Gasteiger partial charge is 0.496 e. The van der Waals surface area contributed by atoms with E-state index in [4.69, 9.17) is 9.84 Å². The summed E-state index contributed by atoms with van der Waals surface area (Å²) in [4.78, 5) is 22.9.